The number of benzene rings is 2. The van der Waals surface area contributed by atoms with Gasteiger partial charge in [0.05, 0.1) is 33.6 Å². The lowest BCUT2D eigenvalue weighted by atomic mass is 10.3. The van der Waals surface area contributed by atoms with Gasteiger partial charge < -0.3 is 9.47 Å². The van der Waals surface area contributed by atoms with Crippen LogP contribution in [-0.4, -0.2) is 23.2 Å². The second kappa shape index (κ2) is 8.93. The van der Waals surface area contributed by atoms with Crippen molar-refractivity contribution < 1.29 is 9.47 Å². The average Bonchev–Trinajstić information content (AvgIpc) is 3.25. The fourth-order valence-electron chi connectivity index (χ4n) is 2.58. The molecule has 0 aliphatic carbocycles. The van der Waals surface area contributed by atoms with Gasteiger partial charge in [0.2, 0.25) is 0 Å². The minimum Gasteiger partial charge on any atom is -0.494 e. The Morgan fingerprint density at radius 1 is 0.786 bits per heavy atom. The average molecular weight is 485 g/mol. The number of rotatable bonds is 7. The van der Waals surface area contributed by atoms with Gasteiger partial charge in [-0.3, -0.25) is 0 Å². The van der Waals surface area contributed by atoms with E-state index in [1.807, 2.05) is 38.1 Å². The lowest BCUT2D eigenvalue weighted by molar-refractivity contribution is 0.340. The highest BCUT2D eigenvalue weighted by atomic mass is 33.1. The summed E-state index contributed by atoms with van der Waals surface area (Å²) in [6, 6.07) is 7.86. The van der Waals surface area contributed by atoms with E-state index in [-0.39, 0.29) is 0 Å². The minimum absolute atomic E-state index is 0.630. The molecular formula is C18H16N2O2S6. The van der Waals surface area contributed by atoms with Crippen molar-refractivity contribution in [2.45, 2.75) is 32.3 Å². The Hall–Kier alpha value is -0.780. The van der Waals surface area contributed by atoms with Gasteiger partial charge >= 0.3 is 0 Å². The Labute approximate surface area is 189 Å². The van der Waals surface area contributed by atoms with Crippen LogP contribution in [0.1, 0.15) is 13.8 Å². The molecule has 0 fully saturated rings. The van der Waals surface area contributed by atoms with E-state index in [1.54, 1.807) is 44.3 Å². The molecule has 4 rings (SSSR count). The minimum atomic E-state index is 0.630. The van der Waals surface area contributed by atoms with Gasteiger partial charge in [-0.15, -0.1) is 47.9 Å². The normalized spacial score (nSPS) is 11.4. The topological polar surface area (TPSA) is 44.2 Å². The lowest BCUT2D eigenvalue weighted by Crippen LogP contribution is -1.90. The van der Waals surface area contributed by atoms with Crippen LogP contribution in [0.15, 0.2) is 42.7 Å². The first-order chi connectivity index (χ1) is 13.6. The van der Waals surface area contributed by atoms with Crippen molar-refractivity contribution in [3.63, 3.8) is 0 Å². The number of hydrogen-bond donors (Lipinski definition) is 2. The van der Waals surface area contributed by atoms with E-state index >= 15 is 0 Å². The van der Waals surface area contributed by atoms with Crippen LogP contribution in [-0.2, 0) is 0 Å². The predicted molar refractivity (Wildman–Crippen MR) is 128 cm³/mol. The Morgan fingerprint density at radius 3 is 1.61 bits per heavy atom. The molecule has 28 heavy (non-hydrogen) atoms. The maximum atomic E-state index is 5.60. The Kier molecular flexibility index (Phi) is 6.53. The molecule has 146 valence electrons. The molecule has 0 amide bonds. The third-order valence-corrected chi connectivity index (χ3v) is 9.32. The van der Waals surface area contributed by atoms with E-state index in [9.17, 15) is 0 Å². The van der Waals surface area contributed by atoms with E-state index in [2.05, 4.69) is 25.3 Å². The van der Waals surface area contributed by atoms with Crippen LogP contribution in [0.3, 0.4) is 0 Å². The first-order valence-electron chi connectivity index (χ1n) is 8.44. The van der Waals surface area contributed by atoms with Crippen LogP contribution < -0.4 is 9.47 Å². The zero-order chi connectivity index (χ0) is 19.7. The molecule has 0 aliphatic heterocycles. The summed E-state index contributed by atoms with van der Waals surface area (Å²) in [7, 11) is 3.21. The highest BCUT2D eigenvalue weighted by Gasteiger charge is 2.13. The molecule has 0 saturated carbocycles. The Balaban J connectivity index is 1.55. The molecule has 4 nitrogen and oxygen atoms in total. The molecule has 0 bridgehead atoms. The SMILES string of the molecule is CCOc1cc(S)c2nc(SSc3nc4c(S)cc(OCC)cc4s3)sc2c1. The summed E-state index contributed by atoms with van der Waals surface area (Å²) >= 11 is 12.4. The Bertz CT molecular complexity index is 1050. The summed E-state index contributed by atoms with van der Waals surface area (Å²) in [4.78, 5) is 11.1. The van der Waals surface area contributed by atoms with Crippen molar-refractivity contribution >= 4 is 90.0 Å². The molecule has 2 heterocycles. The molecule has 0 N–H and O–H groups in total. The largest absolute Gasteiger partial charge is 0.494 e. The monoisotopic (exact) mass is 484 g/mol. The molecule has 0 aliphatic rings. The second-order valence-corrected chi connectivity index (χ2v) is 11.2. The molecule has 2 aromatic carbocycles. The van der Waals surface area contributed by atoms with Gasteiger partial charge in [-0.2, -0.15) is 0 Å². The van der Waals surface area contributed by atoms with E-state index in [0.717, 1.165) is 50.4 Å². The number of hydrogen-bond acceptors (Lipinski definition) is 10. The first kappa shape index (κ1) is 20.5. The maximum Gasteiger partial charge on any atom is 0.162 e. The van der Waals surface area contributed by atoms with Gasteiger partial charge in [-0.25, -0.2) is 9.97 Å². The summed E-state index contributed by atoms with van der Waals surface area (Å²) in [6.07, 6.45) is 0. The van der Waals surface area contributed by atoms with E-state index in [1.165, 1.54) is 0 Å². The maximum absolute atomic E-state index is 5.60. The molecule has 0 saturated heterocycles. The molecule has 0 spiro atoms. The molecule has 0 atom stereocenters. The van der Waals surface area contributed by atoms with Crippen LogP contribution in [0.25, 0.3) is 20.4 Å². The summed E-state index contributed by atoms with van der Waals surface area (Å²) in [5, 5.41) is 0. The van der Waals surface area contributed by atoms with E-state index in [0.29, 0.717) is 13.2 Å². The summed E-state index contributed by atoms with van der Waals surface area (Å²) in [5.41, 5.74) is 1.81. The highest BCUT2D eigenvalue weighted by Crippen LogP contribution is 2.45. The third-order valence-electron chi connectivity index (χ3n) is 3.66. The zero-order valence-electron chi connectivity index (χ0n) is 15.0. The predicted octanol–water partition coefficient (Wildman–Crippen LogP) is 7.08. The van der Waals surface area contributed by atoms with Gasteiger partial charge in [0.15, 0.2) is 8.68 Å². The van der Waals surface area contributed by atoms with Crippen LogP contribution in [0.4, 0.5) is 0 Å². The fraction of sp³-hybridized carbons (Fsp3) is 0.222. The standard InChI is InChI=1S/C18H16N2O2S6/c1-3-21-9-5-11(23)15-13(7-9)25-17(19-15)27-28-18-20-16-12(24)6-10(22-4-2)8-14(16)26-18/h5-8,23-24H,3-4H2,1-2H3. The highest BCUT2D eigenvalue weighted by molar-refractivity contribution is 8.77. The van der Waals surface area contributed by atoms with Gasteiger partial charge in [0.25, 0.3) is 0 Å². The van der Waals surface area contributed by atoms with Crippen molar-refractivity contribution in [1.82, 2.24) is 9.97 Å². The summed E-state index contributed by atoms with van der Waals surface area (Å²) in [6.45, 7) is 5.20. The smallest absolute Gasteiger partial charge is 0.162 e. The van der Waals surface area contributed by atoms with Crippen molar-refractivity contribution in [2.75, 3.05) is 13.2 Å². The van der Waals surface area contributed by atoms with Crippen molar-refractivity contribution in [3.05, 3.63) is 24.3 Å². The molecule has 2 aromatic heterocycles. The summed E-state index contributed by atoms with van der Waals surface area (Å²) in [5.74, 6) is 1.65. The first-order valence-corrected chi connectivity index (χ1v) is 13.1. The van der Waals surface area contributed by atoms with Crippen molar-refractivity contribution in [3.8, 4) is 11.5 Å². The number of thiazole rings is 2. The van der Waals surface area contributed by atoms with Gasteiger partial charge in [0, 0.05) is 9.79 Å². The molecule has 4 aromatic rings. The van der Waals surface area contributed by atoms with Crippen LogP contribution in [0, 0.1) is 0 Å². The summed E-state index contributed by atoms with van der Waals surface area (Å²) < 4.78 is 15.3. The van der Waals surface area contributed by atoms with E-state index in [4.69, 9.17) is 19.4 Å². The van der Waals surface area contributed by atoms with Gasteiger partial charge in [-0.05, 0) is 59.7 Å². The fourth-order valence-corrected chi connectivity index (χ4v) is 7.91. The third kappa shape index (κ3) is 4.36. The van der Waals surface area contributed by atoms with Crippen LogP contribution in [0.2, 0.25) is 0 Å². The Morgan fingerprint density at radius 2 is 1.21 bits per heavy atom. The molecule has 10 heteroatoms. The number of ether oxygens (including phenoxy) is 2. The van der Waals surface area contributed by atoms with Crippen molar-refractivity contribution in [1.29, 1.82) is 0 Å². The van der Waals surface area contributed by atoms with Gasteiger partial charge in [0.1, 0.15) is 11.5 Å². The molecular weight excluding hydrogens is 469 g/mol. The number of nitrogens with zero attached hydrogens (tertiary/aromatic N) is 2. The molecule has 0 unspecified atom stereocenters. The second-order valence-electron chi connectivity index (χ2n) is 5.57. The van der Waals surface area contributed by atoms with Crippen molar-refractivity contribution in [2.24, 2.45) is 0 Å². The van der Waals surface area contributed by atoms with Crippen LogP contribution in [0.5, 0.6) is 11.5 Å². The van der Waals surface area contributed by atoms with Gasteiger partial charge in [-0.1, -0.05) is 0 Å². The molecule has 0 radical (unpaired) electrons. The van der Waals surface area contributed by atoms with Crippen LogP contribution >= 0.6 is 69.5 Å². The number of fused-ring (bicyclic) bond motifs is 2. The van der Waals surface area contributed by atoms with E-state index < -0.39 is 0 Å². The number of aromatic nitrogens is 2. The zero-order valence-corrected chi connectivity index (χ0v) is 20.0. The number of thiol groups is 2. The quantitative estimate of drug-likeness (QED) is 0.216. The lowest BCUT2D eigenvalue weighted by Gasteiger charge is -2.03.